The number of hydrogen-bond acceptors (Lipinski definition) is 5. The average molecular weight is 554 g/mol. The topological polar surface area (TPSA) is 89.9 Å². The molecule has 2 amide bonds. The van der Waals surface area contributed by atoms with Gasteiger partial charge in [-0.1, -0.05) is 54.1 Å². The Kier molecular flexibility index (Phi) is 7.46. The summed E-state index contributed by atoms with van der Waals surface area (Å²) in [6, 6.07) is 13.7. The van der Waals surface area contributed by atoms with Gasteiger partial charge >= 0.3 is 0 Å². The van der Waals surface area contributed by atoms with E-state index in [0.29, 0.717) is 26.0 Å². The highest BCUT2D eigenvalue weighted by Gasteiger charge is 2.52. The number of hydrogen-bond donors (Lipinski definition) is 1. The number of carbonyl (C=O) groups is 2. The number of nitrogens with one attached hydrogen (secondary N) is 1. The Morgan fingerprint density at radius 1 is 1.15 bits per heavy atom. The highest BCUT2D eigenvalue weighted by Crippen LogP contribution is 2.48. The molecule has 39 heavy (non-hydrogen) atoms. The Morgan fingerprint density at radius 3 is 2.62 bits per heavy atom. The number of fused-ring (bicyclic) bond motifs is 2. The number of ether oxygens (including phenoxy) is 2. The molecule has 8 nitrogen and oxygen atoms in total. The van der Waals surface area contributed by atoms with Crippen molar-refractivity contribution in [1.82, 2.24) is 14.8 Å². The minimum absolute atomic E-state index is 0.0399. The molecule has 1 N–H and O–H groups in total. The van der Waals surface area contributed by atoms with Gasteiger partial charge in [0.1, 0.15) is 18.0 Å². The van der Waals surface area contributed by atoms with Crippen molar-refractivity contribution in [2.75, 3.05) is 27.3 Å². The van der Waals surface area contributed by atoms with Crippen LogP contribution < -0.4 is 15.5 Å². The zero-order valence-electron chi connectivity index (χ0n) is 21.7. The van der Waals surface area contributed by atoms with Crippen LogP contribution in [0.4, 0.5) is 4.39 Å². The summed E-state index contributed by atoms with van der Waals surface area (Å²) >= 11 is 5.87. The molecule has 5 rings (SSSR count). The molecule has 2 aliphatic rings. The van der Waals surface area contributed by atoms with Gasteiger partial charge in [0.05, 0.1) is 10.6 Å². The fraction of sp³-hybridized carbons (Fsp3) is 0.345. The molecule has 1 aliphatic heterocycles. The monoisotopic (exact) mass is 553 g/mol. The summed E-state index contributed by atoms with van der Waals surface area (Å²) < 4.78 is 27.5. The first-order valence-electron chi connectivity index (χ1n) is 12.7. The molecule has 0 bridgehead atoms. The fourth-order valence-corrected chi connectivity index (χ4v) is 5.81. The summed E-state index contributed by atoms with van der Waals surface area (Å²) in [5, 5.41) is 2.56. The third kappa shape index (κ3) is 5.04. The van der Waals surface area contributed by atoms with Crippen LogP contribution in [0, 0.1) is 11.7 Å². The highest BCUT2D eigenvalue weighted by atomic mass is 35.5. The quantitative estimate of drug-likeness (QED) is 0.456. The van der Waals surface area contributed by atoms with Crippen molar-refractivity contribution in [3.63, 3.8) is 0 Å². The van der Waals surface area contributed by atoms with Crippen molar-refractivity contribution in [1.29, 1.82) is 0 Å². The first-order chi connectivity index (χ1) is 18.7. The second kappa shape index (κ2) is 10.8. The van der Waals surface area contributed by atoms with E-state index < -0.39 is 22.7 Å². The summed E-state index contributed by atoms with van der Waals surface area (Å²) in [6.07, 6.45) is 2.87. The van der Waals surface area contributed by atoms with Crippen LogP contribution in [0.2, 0.25) is 5.02 Å². The third-order valence-corrected chi connectivity index (χ3v) is 7.73. The molecule has 0 atom stereocenters. The van der Waals surface area contributed by atoms with Gasteiger partial charge < -0.3 is 24.3 Å². The Balaban J connectivity index is 1.55. The number of aromatic nitrogens is 1. The number of nitrogens with zero attached hydrogens (tertiary/aromatic N) is 2. The molecule has 204 valence electrons. The maximum absolute atomic E-state index is 14.4. The molecule has 3 aromatic rings. The van der Waals surface area contributed by atoms with Crippen molar-refractivity contribution in [2.24, 2.45) is 5.92 Å². The van der Waals surface area contributed by atoms with Crippen LogP contribution >= 0.6 is 11.6 Å². The number of pyridine rings is 1. The first kappa shape index (κ1) is 26.9. The lowest BCUT2D eigenvalue weighted by Crippen LogP contribution is -2.60. The number of halogens is 2. The van der Waals surface area contributed by atoms with E-state index in [1.54, 1.807) is 29.7 Å². The van der Waals surface area contributed by atoms with Crippen LogP contribution in [0.3, 0.4) is 0 Å². The van der Waals surface area contributed by atoms with Gasteiger partial charge in [0.25, 0.3) is 11.8 Å². The van der Waals surface area contributed by atoms with Crippen molar-refractivity contribution in [3.05, 3.63) is 98.2 Å². The SMILES string of the molecule is COCC1CC2(C1)CN(C)C(=O)c1c(OCc3ccccc3)c(=O)c(C(=O)NCc3cccc(Cl)c3F)cn12. The zero-order valence-corrected chi connectivity index (χ0v) is 22.5. The molecule has 1 fully saturated rings. The van der Waals surface area contributed by atoms with E-state index in [2.05, 4.69) is 5.32 Å². The fourth-order valence-electron chi connectivity index (χ4n) is 5.61. The molecule has 0 radical (unpaired) electrons. The van der Waals surface area contributed by atoms with Crippen LogP contribution in [0.15, 0.2) is 59.5 Å². The van der Waals surface area contributed by atoms with Gasteiger partial charge in [-0.15, -0.1) is 0 Å². The Morgan fingerprint density at radius 2 is 1.90 bits per heavy atom. The van der Waals surface area contributed by atoms with Crippen LogP contribution in [-0.2, 0) is 23.4 Å². The first-order valence-corrected chi connectivity index (χ1v) is 13.0. The van der Waals surface area contributed by atoms with Crippen molar-refractivity contribution in [3.8, 4) is 5.75 Å². The van der Waals surface area contributed by atoms with Gasteiger partial charge in [0.15, 0.2) is 11.4 Å². The van der Waals surface area contributed by atoms with E-state index in [4.69, 9.17) is 21.1 Å². The summed E-state index contributed by atoms with van der Waals surface area (Å²) in [4.78, 5) is 42.0. The van der Waals surface area contributed by atoms with Crippen LogP contribution in [-0.4, -0.2) is 48.6 Å². The Bertz CT molecular complexity index is 1470. The Hall–Kier alpha value is -3.69. The van der Waals surface area contributed by atoms with Crippen molar-refractivity contribution >= 4 is 23.4 Å². The summed E-state index contributed by atoms with van der Waals surface area (Å²) in [7, 11) is 3.34. The lowest BCUT2D eigenvalue weighted by molar-refractivity contribution is -0.0192. The number of amides is 2. The minimum Gasteiger partial charge on any atom is -0.483 e. The maximum Gasteiger partial charge on any atom is 0.274 e. The van der Waals surface area contributed by atoms with Crippen LogP contribution in [0.25, 0.3) is 0 Å². The van der Waals surface area contributed by atoms with Crippen molar-refractivity contribution in [2.45, 2.75) is 31.5 Å². The molecule has 0 saturated heterocycles. The van der Waals surface area contributed by atoms with E-state index in [1.807, 2.05) is 30.3 Å². The van der Waals surface area contributed by atoms with E-state index in [0.717, 1.165) is 5.56 Å². The molecular weight excluding hydrogens is 525 g/mol. The third-order valence-electron chi connectivity index (χ3n) is 7.44. The van der Waals surface area contributed by atoms with Gasteiger partial charge in [-0.05, 0) is 30.4 Å². The normalized spacial score (nSPS) is 19.9. The zero-order chi connectivity index (χ0) is 27.7. The van der Waals surface area contributed by atoms with Crippen LogP contribution in [0.5, 0.6) is 5.75 Å². The molecule has 10 heteroatoms. The minimum atomic E-state index is -0.701. The van der Waals surface area contributed by atoms with Gasteiger partial charge in [0.2, 0.25) is 5.43 Å². The average Bonchev–Trinajstić information content (AvgIpc) is 2.91. The van der Waals surface area contributed by atoms with E-state index in [9.17, 15) is 18.8 Å². The predicted molar refractivity (Wildman–Crippen MR) is 144 cm³/mol. The smallest absolute Gasteiger partial charge is 0.274 e. The van der Waals surface area contributed by atoms with E-state index in [1.165, 1.54) is 18.3 Å². The molecule has 2 heterocycles. The summed E-state index contributed by atoms with van der Waals surface area (Å²) in [6.45, 7) is 0.868. The lowest BCUT2D eigenvalue weighted by Gasteiger charge is -2.54. The molecular formula is C29H29ClFN3O5. The van der Waals surface area contributed by atoms with Gasteiger partial charge in [0, 0.05) is 45.6 Å². The molecule has 1 aromatic heterocycles. The van der Waals surface area contributed by atoms with Gasteiger partial charge in [-0.25, -0.2) is 4.39 Å². The van der Waals surface area contributed by atoms with Crippen molar-refractivity contribution < 1.29 is 23.5 Å². The second-order valence-corrected chi connectivity index (χ2v) is 10.6. The number of rotatable bonds is 8. The number of methoxy groups -OCH3 is 1. The van der Waals surface area contributed by atoms with Crippen LogP contribution in [0.1, 0.15) is 44.8 Å². The molecule has 1 aliphatic carbocycles. The standard InChI is InChI=1S/C29H29ClFN3O5/c1-33-17-29(11-19(12-29)15-38-2)34-14-21(27(36)32-13-20-9-6-10-22(30)23(20)31)25(35)26(24(34)28(33)37)39-16-18-7-4-3-5-8-18/h3-10,14,19H,11-13,15-17H2,1-2H3,(H,32,36). The number of likely N-dealkylation sites (N-methyl/N-ethyl adjacent to an activating group) is 1. The summed E-state index contributed by atoms with van der Waals surface area (Å²) in [5.74, 6) is -1.59. The second-order valence-electron chi connectivity index (χ2n) is 10.2. The lowest BCUT2D eigenvalue weighted by atomic mass is 9.67. The number of benzene rings is 2. The molecule has 1 saturated carbocycles. The Labute approximate surface area is 230 Å². The van der Waals surface area contributed by atoms with E-state index in [-0.39, 0.29) is 52.6 Å². The van der Waals surface area contributed by atoms with E-state index >= 15 is 0 Å². The van der Waals surface area contributed by atoms with Gasteiger partial charge in [-0.2, -0.15) is 0 Å². The maximum atomic E-state index is 14.4. The number of carbonyl (C=O) groups excluding carboxylic acids is 2. The van der Waals surface area contributed by atoms with Gasteiger partial charge in [-0.3, -0.25) is 14.4 Å². The molecule has 1 spiro atoms. The predicted octanol–water partition coefficient (Wildman–Crippen LogP) is 3.99. The summed E-state index contributed by atoms with van der Waals surface area (Å²) in [5.41, 5.74) is -0.281. The molecule has 0 unspecified atom stereocenters. The highest BCUT2D eigenvalue weighted by molar-refractivity contribution is 6.30. The molecule has 2 aromatic carbocycles. The largest absolute Gasteiger partial charge is 0.483 e.